The molecule has 0 aliphatic carbocycles. The fourth-order valence-corrected chi connectivity index (χ4v) is 2.14. The molecule has 1 amide bonds. The molecule has 2 rings (SSSR count). The Bertz CT molecular complexity index is 617. The third-order valence-corrected chi connectivity index (χ3v) is 3.54. The van der Waals surface area contributed by atoms with E-state index < -0.39 is 0 Å². The minimum Gasteiger partial charge on any atom is -0.326 e. The molecule has 0 radical (unpaired) electrons. The van der Waals surface area contributed by atoms with Gasteiger partial charge in [-0.25, -0.2) is 0 Å². The lowest BCUT2D eigenvalue weighted by Crippen LogP contribution is -2.26. The number of aryl methyl sites for hydroxylation is 2. The zero-order valence-electron chi connectivity index (χ0n) is 12.2. The number of rotatable bonds is 3. The Hall–Kier alpha value is -2.13. The van der Waals surface area contributed by atoms with Crippen LogP contribution in [0.4, 0.5) is 5.69 Å². The lowest BCUT2D eigenvalue weighted by atomic mass is 10.0. The predicted octanol–water partition coefficient (Wildman–Crippen LogP) is 3.04. The molecule has 0 unspecified atom stereocenters. The van der Waals surface area contributed by atoms with Crippen LogP contribution in [-0.4, -0.2) is 13.0 Å². The number of anilines is 1. The van der Waals surface area contributed by atoms with Crippen molar-refractivity contribution in [2.24, 2.45) is 5.73 Å². The highest BCUT2D eigenvalue weighted by atomic mass is 16.2. The number of benzene rings is 2. The van der Waals surface area contributed by atoms with E-state index in [9.17, 15) is 4.79 Å². The van der Waals surface area contributed by atoms with Gasteiger partial charge in [0.2, 0.25) is 0 Å². The SMILES string of the molecule is Cc1ccc(N(C)C(=O)c2ccc(CN)c(C)c2)cc1. The molecule has 2 N–H and O–H groups in total. The van der Waals surface area contributed by atoms with Crippen LogP contribution in [0.25, 0.3) is 0 Å². The summed E-state index contributed by atoms with van der Waals surface area (Å²) in [6.45, 7) is 4.50. The van der Waals surface area contributed by atoms with Crippen molar-refractivity contribution in [3.63, 3.8) is 0 Å². The number of amides is 1. The molecule has 0 saturated carbocycles. The van der Waals surface area contributed by atoms with Crippen LogP contribution in [0, 0.1) is 13.8 Å². The molecular formula is C17H20N2O. The Morgan fingerprint density at radius 1 is 1.10 bits per heavy atom. The summed E-state index contributed by atoms with van der Waals surface area (Å²) in [5.74, 6) is -0.0134. The monoisotopic (exact) mass is 268 g/mol. The van der Waals surface area contributed by atoms with Gasteiger partial charge in [-0.1, -0.05) is 23.8 Å². The summed E-state index contributed by atoms with van der Waals surface area (Å²) in [6, 6.07) is 13.6. The quantitative estimate of drug-likeness (QED) is 0.930. The van der Waals surface area contributed by atoms with Crippen molar-refractivity contribution < 1.29 is 4.79 Å². The lowest BCUT2D eigenvalue weighted by molar-refractivity contribution is 0.0993. The number of carbonyl (C=O) groups is 1. The summed E-state index contributed by atoms with van der Waals surface area (Å²) in [6.07, 6.45) is 0. The second-order valence-corrected chi connectivity index (χ2v) is 5.05. The summed E-state index contributed by atoms with van der Waals surface area (Å²) in [7, 11) is 1.79. The van der Waals surface area contributed by atoms with Gasteiger partial charge in [0.1, 0.15) is 0 Å². The van der Waals surface area contributed by atoms with Crippen LogP contribution >= 0.6 is 0 Å². The highest BCUT2D eigenvalue weighted by molar-refractivity contribution is 6.05. The first kappa shape index (κ1) is 14.3. The van der Waals surface area contributed by atoms with Gasteiger partial charge >= 0.3 is 0 Å². The molecule has 0 saturated heterocycles. The summed E-state index contributed by atoms with van der Waals surface area (Å²) in [5, 5.41) is 0. The van der Waals surface area contributed by atoms with E-state index in [1.54, 1.807) is 11.9 Å². The van der Waals surface area contributed by atoms with Gasteiger partial charge in [-0.2, -0.15) is 0 Å². The van der Waals surface area contributed by atoms with Crippen molar-refractivity contribution in [2.75, 3.05) is 11.9 Å². The molecule has 0 aliphatic heterocycles. The standard InChI is InChI=1S/C17H20N2O/c1-12-4-8-16(9-5-12)19(3)17(20)14-6-7-15(11-18)13(2)10-14/h4-10H,11,18H2,1-3H3. The van der Waals surface area contributed by atoms with E-state index in [2.05, 4.69) is 0 Å². The van der Waals surface area contributed by atoms with Crippen LogP contribution < -0.4 is 10.6 Å². The van der Waals surface area contributed by atoms with Crippen LogP contribution in [0.15, 0.2) is 42.5 Å². The van der Waals surface area contributed by atoms with E-state index in [0.717, 1.165) is 16.8 Å². The lowest BCUT2D eigenvalue weighted by Gasteiger charge is -2.18. The number of carbonyl (C=O) groups excluding carboxylic acids is 1. The molecule has 2 aromatic carbocycles. The van der Waals surface area contributed by atoms with Gasteiger partial charge < -0.3 is 10.6 Å². The van der Waals surface area contributed by atoms with E-state index in [-0.39, 0.29) is 5.91 Å². The van der Waals surface area contributed by atoms with E-state index in [0.29, 0.717) is 12.1 Å². The average Bonchev–Trinajstić information content (AvgIpc) is 2.46. The first-order valence-corrected chi connectivity index (χ1v) is 6.67. The maximum atomic E-state index is 12.5. The number of nitrogens with two attached hydrogens (primary N) is 1. The Morgan fingerprint density at radius 2 is 1.75 bits per heavy atom. The fourth-order valence-electron chi connectivity index (χ4n) is 2.14. The van der Waals surface area contributed by atoms with Crippen molar-refractivity contribution in [3.8, 4) is 0 Å². The van der Waals surface area contributed by atoms with Crippen molar-refractivity contribution >= 4 is 11.6 Å². The second-order valence-electron chi connectivity index (χ2n) is 5.05. The van der Waals surface area contributed by atoms with Gasteiger partial charge in [-0.15, -0.1) is 0 Å². The highest BCUT2D eigenvalue weighted by Crippen LogP contribution is 2.18. The topological polar surface area (TPSA) is 46.3 Å². The number of hydrogen-bond donors (Lipinski definition) is 1. The zero-order valence-corrected chi connectivity index (χ0v) is 12.2. The average molecular weight is 268 g/mol. The molecule has 104 valence electrons. The predicted molar refractivity (Wildman–Crippen MR) is 83.0 cm³/mol. The van der Waals surface area contributed by atoms with E-state index in [4.69, 9.17) is 5.73 Å². The van der Waals surface area contributed by atoms with Gasteiger partial charge in [0, 0.05) is 24.8 Å². The van der Waals surface area contributed by atoms with Crippen molar-refractivity contribution in [2.45, 2.75) is 20.4 Å². The summed E-state index contributed by atoms with van der Waals surface area (Å²) in [4.78, 5) is 14.1. The molecule has 0 heterocycles. The molecule has 0 atom stereocenters. The molecule has 0 aliphatic rings. The van der Waals surface area contributed by atoms with Crippen LogP contribution in [0.5, 0.6) is 0 Å². The second kappa shape index (κ2) is 5.88. The van der Waals surface area contributed by atoms with E-state index >= 15 is 0 Å². The molecule has 0 bridgehead atoms. The summed E-state index contributed by atoms with van der Waals surface area (Å²) < 4.78 is 0. The molecule has 3 heteroatoms. The Labute approximate surface area is 120 Å². The molecule has 20 heavy (non-hydrogen) atoms. The van der Waals surface area contributed by atoms with E-state index in [1.165, 1.54) is 5.56 Å². The molecule has 0 fully saturated rings. The third-order valence-electron chi connectivity index (χ3n) is 3.54. The summed E-state index contributed by atoms with van der Waals surface area (Å²) in [5.41, 5.74) is 10.5. The summed E-state index contributed by atoms with van der Waals surface area (Å²) >= 11 is 0. The van der Waals surface area contributed by atoms with Crippen molar-refractivity contribution in [1.82, 2.24) is 0 Å². The smallest absolute Gasteiger partial charge is 0.258 e. The number of nitrogens with zero attached hydrogens (tertiary/aromatic N) is 1. The molecule has 3 nitrogen and oxygen atoms in total. The van der Waals surface area contributed by atoms with Gasteiger partial charge in [0.05, 0.1) is 0 Å². The molecular weight excluding hydrogens is 248 g/mol. The van der Waals surface area contributed by atoms with Gasteiger partial charge in [-0.3, -0.25) is 4.79 Å². The van der Waals surface area contributed by atoms with Gasteiger partial charge in [0.25, 0.3) is 5.91 Å². The van der Waals surface area contributed by atoms with Crippen LogP contribution in [0.2, 0.25) is 0 Å². The third kappa shape index (κ3) is 2.89. The van der Waals surface area contributed by atoms with Crippen LogP contribution in [0.1, 0.15) is 27.0 Å². The minimum absolute atomic E-state index is 0.0134. The fraction of sp³-hybridized carbons (Fsp3) is 0.235. The molecule has 0 spiro atoms. The Kier molecular flexibility index (Phi) is 4.20. The maximum absolute atomic E-state index is 12.5. The van der Waals surface area contributed by atoms with Crippen molar-refractivity contribution in [1.29, 1.82) is 0 Å². The minimum atomic E-state index is -0.0134. The highest BCUT2D eigenvalue weighted by Gasteiger charge is 2.14. The number of hydrogen-bond acceptors (Lipinski definition) is 2. The zero-order chi connectivity index (χ0) is 14.7. The molecule has 2 aromatic rings. The first-order valence-electron chi connectivity index (χ1n) is 6.67. The van der Waals surface area contributed by atoms with Gasteiger partial charge in [0.15, 0.2) is 0 Å². The Balaban J connectivity index is 2.26. The van der Waals surface area contributed by atoms with Crippen LogP contribution in [-0.2, 0) is 6.54 Å². The van der Waals surface area contributed by atoms with Gasteiger partial charge in [-0.05, 0) is 49.2 Å². The normalized spacial score (nSPS) is 10.4. The first-order chi connectivity index (χ1) is 9.52. The van der Waals surface area contributed by atoms with Crippen molar-refractivity contribution in [3.05, 3.63) is 64.7 Å². The van der Waals surface area contributed by atoms with E-state index in [1.807, 2.05) is 56.3 Å². The largest absolute Gasteiger partial charge is 0.326 e. The molecule has 0 aromatic heterocycles. The van der Waals surface area contributed by atoms with Crippen LogP contribution in [0.3, 0.4) is 0 Å². The maximum Gasteiger partial charge on any atom is 0.258 e. The Morgan fingerprint density at radius 3 is 2.30 bits per heavy atom.